The number of carbonyl (C=O) groups is 1. The number of hydrogen-bond donors (Lipinski definition) is 2. The Morgan fingerprint density at radius 3 is 2.38 bits per heavy atom. The standard InChI is InChI=1S/C33H55N2O4.BrH/c1-5-16-35(17-6-7-18-35)29-20-27-25-9-8-23-19-30(38)28(34-14-11-24(37)12-15-34)21-33(23,4)26(25)10-13-32(27,3)31(29)39-22(2)36;/h5,23-31,37-38H,1,6-21H2,2-4H3;1H/q+1;/p-1/t23-,25+,26-,27-,28-,29-,30-,31-,32-,33-;/m0./s1. The van der Waals surface area contributed by atoms with E-state index in [2.05, 4.69) is 31.4 Å². The van der Waals surface area contributed by atoms with E-state index in [-0.39, 0.29) is 58.1 Å². The average molecular weight is 624 g/mol. The first kappa shape index (κ1) is 31.0. The van der Waals surface area contributed by atoms with E-state index < -0.39 is 0 Å². The summed E-state index contributed by atoms with van der Waals surface area (Å²) in [6.07, 6.45) is 14.0. The third-order valence-corrected chi connectivity index (χ3v) is 13.5. The smallest absolute Gasteiger partial charge is 0.303 e. The van der Waals surface area contributed by atoms with E-state index >= 15 is 0 Å². The highest BCUT2D eigenvalue weighted by Gasteiger charge is 2.67. The summed E-state index contributed by atoms with van der Waals surface area (Å²) < 4.78 is 7.43. The summed E-state index contributed by atoms with van der Waals surface area (Å²) in [6.45, 7) is 16.0. The number of aliphatic hydroxyl groups is 2. The van der Waals surface area contributed by atoms with Crippen molar-refractivity contribution in [3.8, 4) is 0 Å². The number of likely N-dealkylation sites (tertiary alicyclic amines) is 2. The second-order valence-corrected chi connectivity index (χ2v) is 15.2. The molecule has 4 aliphatic carbocycles. The van der Waals surface area contributed by atoms with Crippen LogP contribution < -0.4 is 17.0 Å². The molecule has 0 bridgehead atoms. The second-order valence-electron chi connectivity index (χ2n) is 15.2. The van der Waals surface area contributed by atoms with Crippen LogP contribution in [0.5, 0.6) is 0 Å². The zero-order valence-electron chi connectivity index (χ0n) is 25.3. The molecule has 6 nitrogen and oxygen atoms in total. The SMILES string of the molecule is C=CC[N+]1([C@H]2C[C@H]3[C@@H]4CC[C@H]5C[C@H](O)[C@@H](N6CCC(O)CC6)C[C@]5(C)[C@H]4CC[C@]3(C)[C@H]2OC(C)=O)CCCC1.[Br-]. The van der Waals surface area contributed by atoms with Crippen molar-refractivity contribution in [1.29, 1.82) is 0 Å². The van der Waals surface area contributed by atoms with Gasteiger partial charge in [0.2, 0.25) is 0 Å². The molecule has 0 unspecified atom stereocenters. The second kappa shape index (κ2) is 11.6. The lowest BCUT2D eigenvalue weighted by Crippen LogP contribution is -3.00. The number of nitrogens with zero attached hydrogens (tertiary/aromatic N) is 2. The number of piperidine rings is 1. The van der Waals surface area contributed by atoms with Crippen LogP contribution >= 0.6 is 0 Å². The summed E-state index contributed by atoms with van der Waals surface area (Å²) in [5.74, 6) is 2.45. The van der Waals surface area contributed by atoms with Crippen LogP contribution in [-0.4, -0.2) is 88.7 Å². The Balaban J connectivity index is 0.00000323. The largest absolute Gasteiger partial charge is 1.00 e. The van der Waals surface area contributed by atoms with Gasteiger partial charge in [0.15, 0.2) is 6.10 Å². The minimum Gasteiger partial charge on any atom is -1.00 e. The normalized spacial score (nSPS) is 46.9. The number of hydrogen-bond acceptors (Lipinski definition) is 5. The number of halogens is 1. The van der Waals surface area contributed by atoms with Gasteiger partial charge in [0.05, 0.1) is 31.8 Å². The number of aliphatic hydroxyl groups excluding tert-OH is 2. The molecule has 6 aliphatic rings. The van der Waals surface area contributed by atoms with Crippen molar-refractivity contribution < 1.29 is 41.2 Å². The van der Waals surface area contributed by atoms with Crippen molar-refractivity contribution in [2.45, 2.75) is 122 Å². The van der Waals surface area contributed by atoms with E-state index in [9.17, 15) is 15.0 Å². The lowest BCUT2D eigenvalue weighted by molar-refractivity contribution is -0.937. The highest BCUT2D eigenvalue weighted by Crippen LogP contribution is 2.67. The average Bonchev–Trinajstić information content (AvgIpc) is 3.48. The topological polar surface area (TPSA) is 70.0 Å². The molecule has 2 N–H and O–H groups in total. The Morgan fingerprint density at radius 1 is 1.02 bits per heavy atom. The molecule has 7 heteroatoms. The van der Waals surface area contributed by atoms with Gasteiger partial charge in [-0.05, 0) is 86.5 Å². The molecular formula is C33H55BrN2O4. The molecule has 0 aromatic rings. The first-order chi connectivity index (χ1) is 18.6. The van der Waals surface area contributed by atoms with Crippen molar-refractivity contribution >= 4 is 5.97 Å². The Kier molecular flexibility index (Phi) is 8.95. The van der Waals surface area contributed by atoms with E-state index in [0.717, 1.165) is 56.2 Å². The minimum absolute atomic E-state index is 0. The molecule has 6 fully saturated rings. The predicted molar refractivity (Wildman–Crippen MR) is 153 cm³/mol. The van der Waals surface area contributed by atoms with Crippen LogP contribution in [0.2, 0.25) is 0 Å². The predicted octanol–water partition coefficient (Wildman–Crippen LogP) is 1.54. The molecule has 0 spiro atoms. The van der Waals surface area contributed by atoms with E-state index in [1.165, 1.54) is 51.6 Å². The van der Waals surface area contributed by atoms with Crippen LogP contribution in [0.25, 0.3) is 0 Å². The van der Waals surface area contributed by atoms with Crippen LogP contribution in [0.15, 0.2) is 12.7 Å². The molecular weight excluding hydrogens is 568 g/mol. The van der Waals surface area contributed by atoms with Crippen molar-refractivity contribution in [3.63, 3.8) is 0 Å². The van der Waals surface area contributed by atoms with Crippen LogP contribution in [0, 0.1) is 34.5 Å². The van der Waals surface area contributed by atoms with Gasteiger partial charge in [-0.1, -0.05) is 20.4 Å². The third kappa shape index (κ3) is 4.96. The molecule has 2 heterocycles. The number of fused-ring (bicyclic) bond motifs is 5. The Labute approximate surface area is 253 Å². The molecule has 0 radical (unpaired) electrons. The number of ether oxygens (including phenoxy) is 1. The fourth-order valence-corrected chi connectivity index (χ4v) is 11.6. The maximum absolute atomic E-state index is 12.5. The summed E-state index contributed by atoms with van der Waals surface area (Å²) in [4.78, 5) is 15.0. The molecule has 4 saturated carbocycles. The summed E-state index contributed by atoms with van der Waals surface area (Å²) >= 11 is 0. The highest BCUT2D eigenvalue weighted by atomic mass is 79.9. The fraction of sp³-hybridized carbons (Fsp3) is 0.909. The first-order valence-corrected chi connectivity index (χ1v) is 16.4. The molecule has 2 aliphatic heterocycles. The van der Waals surface area contributed by atoms with Gasteiger partial charge in [-0.2, -0.15) is 0 Å². The van der Waals surface area contributed by atoms with Crippen molar-refractivity contribution in [1.82, 2.24) is 4.90 Å². The molecule has 2 saturated heterocycles. The van der Waals surface area contributed by atoms with Gasteiger partial charge >= 0.3 is 5.97 Å². The van der Waals surface area contributed by atoms with Gasteiger partial charge in [-0.25, -0.2) is 0 Å². The summed E-state index contributed by atoms with van der Waals surface area (Å²) in [5, 5.41) is 21.4. The Bertz CT molecular complexity index is 933. The van der Waals surface area contributed by atoms with Crippen LogP contribution in [0.3, 0.4) is 0 Å². The molecule has 0 amide bonds. The molecule has 0 aromatic carbocycles. The maximum atomic E-state index is 12.5. The number of carbonyl (C=O) groups excluding carboxylic acids is 1. The fourth-order valence-electron chi connectivity index (χ4n) is 11.6. The summed E-state index contributed by atoms with van der Waals surface area (Å²) in [6, 6.07) is 0.608. The molecule has 0 aromatic heterocycles. The molecule has 6 rings (SSSR count). The van der Waals surface area contributed by atoms with Crippen LogP contribution in [0.1, 0.15) is 91.4 Å². The zero-order chi connectivity index (χ0) is 27.6. The minimum atomic E-state index is -0.244. The van der Waals surface area contributed by atoms with Gasteiger partial charge in [-0.15, -0.1) is 0 Å². The third-order valence-electron chi connectivity index (χ3n) is 13.5. The number of quaternary nitrogens is 1. The van der Waals surface area contributed by atoms with Gasteiger partial charge in [0.25, 0.3) is 0 Å². The zero-order valence-corrected chi connectivity index (χ0v) is 26.9. The summed E-state index contributed by atoms with van der Waals surface area (Å²) in [5.41, 5.74) is 0.298. The quantitative estimate of drug-likeness (QED) is 0.277. The number of esters is 1. The van der Waals surface area contributed by atoms with Crippen molar-refractivity contribution in [2.75, 3.05) is 32.7 Å². The van der Waals surface area contributed by atoms with Gasteiger partial charge in [0, 0.05) is 50.7 Å². The Hall–Kier alpha value is -0.470. The van der Waals surface area contributed by atoms with Gasteiger partial charge in [0.1, 0.15) is 6.04 Å². The maximum Gasteiger partial charge on any atom is 0.303 e. The van der Waals surface area contributed by atoms with E-state index in [4.69, 9.17) is 4.74 Å². The van der Waals surface area contributed by atoms with Crippen LogP contribution in [0.4, 0.5) is 0 Å². The Morgan fingerprint density at radius 2 is 1.73 bits per heavy atom. The van der Waals surface area contributed by atoms with E-state index in [1.807, 2.05) is 0 Å². The van der Waals surface area contributed by atoms with Gasteiger partial charge in [-0.3, -0.25) is 9.69 Å². The van der Waals surface area contributed by atoms with Crippen molar-refractivity contribution in [2.24, 2.45) is 34.5 Å². The van der Waals surface area contributed by atoms with Gasteiger partial charge < -0.3 is 36.4 Å². The highest BCUT2D eigenvalue weighted by molar-refractivity contribution is 5.66. The van der Waals surface area contributed by atoms with E-state index in [1.54, 1.807) is 6.92 Å². The first-order valence-electron chi connectivity index (χ1n) is 16.4. The lowest BCUT2D eigenvalue weighted by atomic mass is 9.44. The van der Waals surface area contributed by atoms with Crippen LogP contribution in [-0.2, 0) is 9.53 Å². The van der Waals surface area contributed by atoms with Crippen molar-refractivity contribution in [3.05, 3.63) is 12.7 Å². The van der Waals surface area contributed by atoms with E-state index in [0.29, 0.717) is 29.7 Å². The number of rotatable bonds is 5. The lowest BCUT2D eigenvalue weighted by Gasteiger charge is -2.62. The monoisotopic (exact) mass is 622 g/mol. The molecule has 228 valence electrons. The molecule has 10 atom stereocenters. The molecule has 40 heavy (non-hydrogen) atoms. The summed E-state index contributed by atoms with van der Waals surface area (Å²) in [7, 11) is 0.